The van der Waals surface area contributed by atoms with Crippen LogP contribution in [-0.2, 0) is 13.0 Å². The number of hydrogen-bond donors (Lipinski definition) is 1. The van der Waals surface area contributed by atoms with Crippen molar-refractivity contribution in [3.63, 3.8) is 0 Å². The average molecular weight is 244 g/mol. The zero-order chi connectivity index (χ0) is 12.5. The summed E-state index contributed by atoms with van der Waals surface area (Å²) in [5.41, 5.74) is 9.08. The number of pyridine rings is 1. The highest BCUT2D eigenvalue weighted by molar-refractivity contribution is 5.41. The van der Waals surface area contributed by atoms with Gasteiger partial charge < -0.3 is 15.0 Å². The van der Waals surface area contributed by atoms with Gasteiger partial charge in [-0.3, -0.25) is 0 Å². The van der Waals surface area contributed by atoms with Crippen LogP contribution in [0.1, 0.15) is 17.8 Å². The van der Waals surface area contributed by atoms with E-state index in [9.17, 15) is 0 Å². The lowest BCUT2D eigenvalue weighted by Crippen LogP contribution is -2.15. The largest absolute Gasteiger partial charge is 0.325 e. The van der Waals surface area contributed by atoms with Crippen molar-refractivity contribution in [1.29, 1.82) is 0 Å². The Bertz CT molecular complexity index is 546. The van der Waals surface area contributed by atoms with E-state index in [1.54, 1.807) is 0 Å². The highest BCUT2D eigenvalue weighted by Gasteiger charge is 2.20. The Morgan fingerprint density at radius 1 is 1.44 bits per heavy atom. The van der Waals surface area contributed by atoms with E-state index in [1.807, 2.05) is 12.1 Å². The summed E-state index contributed by atoms with van der Waals surface area (Å²) in [6.45, 7) is 2.96. The second-order valence-corrected chi connectivity index (χ2v) is 5.30. The number of imidazole rings is 1. The lowest BCUT2D eigenvalue weighted by atomic mass is 10.0. The van der Waals surface area contributed by atoms with Gasteiger partial charge in [-0.2, -0.15) is 0 Å². The minimum absolute atomic E-state index is 0.555. The molecule has 1 atom stereocenters. The normalized spacial score (nSPS) is 20.9. The van der Waals surface area contributed by atoms with Gasteiger partial charge in [-0.1, -0.05) is 6.07 Å². The molecule has 0 bridgehead atoms. The molecule has 1 aliphatic rings. The van der Waals surface area contributed by atoms with Crippen LogP contribution in [0.25, 0.3) is 5.65 Å². The first-order valence-corrected chi connectivity index (χ1v) is 6.61. The van der Waals surface area contributed by atoms with E-state index in [1.165, 1.54) is 25.2 Å². The molecule has 4 nitrogen and oxygen atoms in total. The third kappa shape index (κ3) is 2.13. The van der Waals surface area contributed by atoms with Gasteiger partial charge in [0.15, 0.2) is 0 Å². The van der Waals surface area contributed by atoms with Crippen LogP contribution < -0.4 is 5.73 Å². The minimum atomic E-state index is 0.555. The van der Waals surface area contributed by atoms with Gasteiger partial charge in [0.1, 0.15) is 5.65 Å². The van der Waals surface area contributed by atoms with Crippen LogP contribution in [0.5, 0.6) is 0 Å². The van der Waals surface area contributed by atoms with Gasteiger partial charge in [0.25, 0.3) is 0 Å². The summed E-state index contributed by atoms with van der Waals surface area (Å²) in [6, 6.07) is 6.13. The van der Waals surface area contributed by atoms with Gasteiger partial charge in [0, 0.05) is 25.0 Å². The number of likely N-dealkylation sites (tertiary alicyclic amines) is 1. The summed E-state index contributed by atoms with van der Waals surface area (Å²) in [5.74, 6) is 0.751. The predicted molar refractivity (Wildman–Crippen MR) is 72.4 cm³/mol. The highest BCUT2D eigenvalue weighted by atomic mass is 15.1. The standard InChI is InChI=1S/C14H20N4/c1-17-6-5-11(9-17)7-12-10-18-13(8-15)3-2-4-14(18)16-12/h2-4,10-11H,5-9,15H2,1H3. The fourth-order valence-corrected chi connectivity index (χ4v) is 2.87. The first kappa shape index (κ1) is 11.7. The molecule has 1 aliphatic heterocycles. The Morgan fingerprint density at radius 3 is 3.06 bits per heavy atom. The van der Waals surface area contributed by atoms with Gasteiger partial charge in [0.2, 0.25) is 0 Å². The molecule has 0 spiro atoms. The van der Waals surface area contributed by atoms with Crippen molar-refractivity contribution >= 4 is 5.65 Å². The third-order valence-electron chi connectivity index (χ3n) is 3.82. The van der Waals surface area contributed by atoms with E-state index in [0.717, 1.165) is 23.7 Å². The second kappa shape index (κ2) is 4.71. The first-order chi connectivity index (χ1) is 8.76. The molecule has 1 fully saturated rings. The molecule has 3 heterocycles. The Kier molecular flexibility index (Phi) is 3.06. The highest BCUT2D eigenvalue weighted by Crippen LogP contribution is 2.20. The summed E-state index contributed by atoms with van der Waals surface area (Å²) in [5, 5.41) is 0. The van der Waals surface area contributed by atoms with E-state index in [2.05, 4.69) is 28.6 Å². The van der Waals surface area contributed by atoms with Crippen LogP contribution in [0.2, 0.25) is 0 Å². The molecule has 1 saturated heterocycles. The fraction of sp³-hybridized carbons (Fsp3) is 0.500. The lowest BCUT2D eigenvalue weighted by Gasteiger charge is -2.07. The molecule has 4 heteroatoms. The van der Waals surface area contributed by atoms with E-state index >= 15 is 0 Å². The third-order valence-corrected chi connectivity index (χ3v) is 3.82. The fourth-order valence-electron chi connectivity index (χ4n) is 2.87. The monoisotopic (exact) mass is 244 g/mol. The Balaban J connectivity index is 1.85. The first-order valence-electron chi connectivity index (χ1n) is 6.61. The molecule has 3 rings (SSSR count). The van der Waals surface area contributed by atoms with E-state index < -0.39 is 0 Å². The molecule has 0 aromatic carbocycles. The van der Waals surface area contributed by atoms with Crippen molar-refractivity contribution in [3.8, 4) is 0 Å². The Morgan fingerprint density at radius 2 is 2.33 bits per heavy atom. The Labute approximate surface area is 107 Å². The number of nitrogens with two attached hydrogens (primary N) is 1. The SMILES string of the molecule is CN1CCC(Cc2cn3c(CN)cccc3n2)C1. The van der Waals surface area contributed by atoms with Crippen molar-refractivity contribution in [2.45, 2.75) is 19.4 Å². The maximum absolute atomic E-state index is 5.75. The summed E-state index contributed by atoms with van der Waals surface area (Å²) in [4.78, 5) is 7.09. The zero-order valence-electron chi connectivity index (χ0n) is 10.8. The minimum Gasteiger partial charge on any atom is -0.325 e. The molecule has 2 aromatic heterocycles. The van der Waals surface area contributed by atoms with Crippen LogP contribution in [0.4, 0.5) is 0 Å². The van der Waals surface area contributed by atoms with Crippen LogP contribution in [0.15, 0.2) is 24.4 Å². The molecular weight excluding hydrogens is 224 g/mol. The van der Waals surface area contributed by atoms with Crippen molar-refractivity contribution in [2.75, 3.05) is 20.1 Å². The van der Waals surface area contributed by atoms with Gasteiger partial charge >= 0.3 is 0 Å². The maximum atomic E-state index is 5.75. The number of fused-ring (bicyclic) bond motifs is 1. The smallest absolute Gasteiger partial charge is 0.137 e. The van der Waals surface area contributed by atoms with Crippen LogP contribution in [0.3, 0.4) is 0 Å². The molecule has 0 amide bonds. The van der Waals surface area contributed by atoms with Crippen LogP contribution >= 0.6 is 0 Å². The molecule has 96 valence electrons. The molecule has 18 heavy (non-hydrogen) atoms. The Hall–Kier alpha value is -1.39. The molecular formula is C14H20N4. The average Bonchev–Trinajstić information content (AvgIpc) is 2.94. The number of aromatic nitrogens is 2. The van der Waals surface area contributed by atoms with Crippen molar-refractivity contribution in [2.24, 2.45) is 11.7 Å². The molecule has 0 saturated carbocycles. The van der Waals surface area contributed by atoms with E-state index in [0.29, 0.717) is 6.54 Å². The van der Waals surface area contributed by atoms with Gasteiger partial charge in [-0.15, -0.1) is 0 Å². The van der Waals surface area contributed by atoms with Crippen molar-refractivity contribution < 1.29 is 0 Å². The topological polar surface area (TPSA) is 46.6 Å². The number of hydrogen-bond acceptors (Lipinski definition) is 3. The van der Waals surface area contributed by atoms with Crippen LogP contribution in [0, 0.1) is 5.92 Å². The molecule has 2 N–H and O–H groups in total. The number of rotatable bonds is 3. The zero-order valence-corrected chi connectivity index (χ0v) is 10.8. The summed E-state index contributed by atoms with van der Waals surface area (Å²) < 4.78 is 2.12. The summed E-state index contributed by atoms with van der Waals surface area (Å²) in [6.07, 6.45) is 4.51. The van der Waals surface area contributed by atoms with Gasteiger partial charge in [-0.25, -0.2) is 4.98 Å². The number of nitrogens with zero attached hydrogens (tertiary/aromatic N) is 3. The predicted octanol–water partition coefficient (Wildman–Crippen LogP) is 1.29. The maximum Gasteiger partial charge on any atom is 0.137 e. The van der Waals surface area contributed by atoms with Gasteiger partial charge in [0.05, 0.1) is 5.69 Å². The van der Waals surface area contributed by atoms with Crippen molar-refractivity contribution in [3.05, 3.63) is 35.8 Å². The molecule has 0 aliphatic carbocycles. The van der Waals surface area contributed by atoms with E-state index in [4.69, 9.17) is 10.7 Å². The van der Waals surface area contributed by atoms with Gasteiger partial charge in [-0.05, 0) is 44.5 Å². The second-order valence-electron chi connectivity index (χ2n) is 5.30. The molecule has 0 radical (unpaired) electrons. The quantitative estimate of drug-likeness (QED) is 0.885. The summed E-state index contributed by atoms with van der Waals surface area (Å²) in [7, 11) is 2.19. The molecule has 2 aromatic rings. The van der Waals surface area contributed by atoms with Crippen molar-refractivity contribution in [1.82, 2.24) is 14.3 Å². The van der Waals surface area contributed by atoms with Crippen LogP contribution in [-0.4, -0.2) is 34.4 Å². The summed E-state index contributed by atoms with van der Waals surface area (Å²) >= 11 is 0. The lowest BCUT2D eigenvalue weighted by molar-refractivity contribution is 0.394. The van der Waals surface area contributed by atoms with E-state index in [-0.39, 0.29) is 0 Å². The molecule has 1 unspecified atom stereocenters.